The summed E-state index contributed by atoms with van der Waals surface area (Å²) in [5.74, 6) is 2.81. The monoisotopic (exact) mass is 194 g/mol. The van der Waals surface area contributed by atoms with Crippen LogP contribution in [0.3, 0.4) is 0 Å². The number of hydrogen-bond donors (Lipinski definition) is 0. The second-order valence-corrected chi connectivity index (χ2v) is 4.70. The highest BCUT2D eigenvalue weighted by atomic mass is 32.2. The van der Waals surface area contributed by atoms with Gasteiger partial charge in [0.1, 0.15) is 5.82 Å². The first-order valence-corrected chi connectivity index (χ1v) is 5.76. The smallest absolute Gasteiger partial charge is 0.132 e. The molecule has 0 N–H and O–H groups in total. The van der Waals surface area contributed by atoms with Gasteiger partial charge in [0.05, 0.1) is 5.03 Å². The van der Waals surface area contributed by atoms with Crippen LogP contribution in [0.1, 0.15) is 37.2 Å². The molecule has 0 radical (unpaired) electrons. The topological polar surface area (TPSA) is 25.8 Å². The summed E-state index contributed by atoms with van der Waals surface area (Å²) < 4.78 is 0. The van der Waals surface area contributed by atoms with Crippen LogP contribution in [-0.2, 0) is 0 Å². The number of nitrogens with zero attached hydrogens (tertiary/aromatic N) is 2. The molecule has 0 saturated heterocycles. The highest BCUT2D eigenvalue weighted by Crippen LogP contribution is 2.38. The zero-order valence-corrected chi connectivity index (χ0v) is 8.90. The highest BCUT2D eigenvalue weighted by molar-refractivity contribution is 7.99. The van der Waals surface area contributed by atoms with E-state index in [-0.39, 0.29) is 0 Å². The third-order valence-electron chi connectivity index (χ3n) is 2.08. The van der Waals surface area contributed by atoms with Gasteiger partial charge in [0, 0.05) is 11.6 Å². The van der Waals surface area contributed by atoms with Gasteiger partial charge in [0.25, 0.3) is 0 Å². The number of aryl methyl sites for hydroxylation is 1. The van der Waals surface area contributed by atoms with Crippen molar-refractivity contribution in [1.29, 1.82) is 0 Å². The van der Waals surface area contributed by atoms with E-state index in [2.05, 4.69) is 23.0 Å². The van der Waals surface area contributed by atoms with E-state index in [0.717, 1.165) is 22.3 Å². The minimum Gasteiger partial charge on any atom is -0.238 e. The summed E-state index contributed by atoms with van der Waals surface area (Å²) in [4.78, 5) is 8.99. The molecule has 3 heteroatoms. The Morgan fingerprint density at radius 2 is 2.23 bits per heavy atom. The van der Waals surface area contributed by atoms with Crippen molar-refractivity contribution in [3.63, 3.8) is 0 Å². The maximum atomic E-state index is 4.54. The zero-order valence-electron chi connectivity index (χ0n) is 8.08. The first-order valence-electron chi connectivity index (χ1n) is 4.78. The van der Waals surface area contributed by atoms with Crippen molar-refractivity contribution in [3.05, 3.63) is 17.6 Å². The van der Waals surface area contributed by atoms with Crippen molar-refractivity contribution in [2.75, 3.05) is 5.75 Å². The van der Waals surface area contributed by atoms with E-state index in [1.54, 1.807) is 11.8 Å². The van der Waals surface area contributed by atoms with E-state index in [1.807, 2.05) is 6.92 Å². The van der Waals surface area contributed by atoms with E-state index < -0.39 is 0 Å². The van der Waals surface area contributed by atoms with Gasteiger partial charge < -0.3 is 0 Å². The van der Waals surface area contributed by atoms with Crippen LogP contribution in [-0.4, -0.2) is 15.7 Å². The van der Waals surface area contributed by atoms with Crippen LogP contribution < -0.4 is 0 Å². The molecule has 0 bridgehead atoms. The van der Waals surface area contributed by atoms with Crippen LogP contribution in [0, 0.1) is 6.92 Å². The van der Waals surface area contributed by atoms with Gasteiger partial charge in [-0.2, -0.15) is 0 Å². The molecule has 1 aromatic heterocycles. The minimum absolute atomic E-state index is 0.663. The Labute approximate surface area is 83.2 Å². The van der Waals surface area contributed by atoms with Crippen molar-refractivity contribution in [1.82, 2.24) is 9.97 Å². The lowest BCUT2D eigenvalue weighted by Gasteiger charge is -2.02. The fraction of sp³-hybridized carbons (Fsp3) is 0.600. The Hall–Kier alpha value is -0.570. The van der Waals surface area contributed by atoms with E-state index in [4.69, 9.17) is 0 Å². The molecule has 1 aliphatic rings. The molecule has 0 unspecified atom stereocenters. The van der Waals surface area contributed by atoms with E-state index in [1.165, 1.54) is 12.8 Å². The van der Waals surface area contributed by atoms with Crippen LogP contribution in [0.2, 0.25) is 0 Å². The Balaban J connectivity index is 2.25. The van der Waals surface area contributed by atoms with Crippen molar-refractivity contribution in [3.8, 4) is 0 Å². The second kappa shape index (κ2) is 3.66. The van der Waals surface area contributed by atoms with Gasteiger partial charge in [-0.05, 0) is 31.6 Å². The zero-order chi connectivity index (χ0) is 9.26. The van der Waals surface area contributed by atoms with Gasteiger partial charge in [0.2, 0.25) is 0 Å². The normalized spacial score (nSPS) is 16.2. The van der Waals surface area contributed by atoms with Gasteiger partial charge in [-0.25, -0.2) is 9.97 Å². The quantitative estimate of drug-likeness (QED) is 0.546. The lowest BCUT2D eigenvalue weighted by Crippen LogP contribution is -1.96. The van der Waals surface area contributed by atoms with Crippen molar-refractivity contribution in [2.24, 2.45) is 0 Å². The molecule has 0 aliphatic heterocycles. The summed E-state index contributed by atoms with van der Waals surface area (Å²) in [5.41, 5.74) is 1.10. The van der Waals surface area contributed by atoms with Crippen LogP contribution in [0.5, 0.6) is 0 Å². The van der Waals surface area contributed by atoms with Gasteiger partial charge >= 0.3 is 0 Å². The van der Waals surface area contributed by atoms with E-state index in [9.17, 15) is 0 Å². The van der Waals surface area contributed by atoms with Crippen molar-refractivity contribution >= 4 is 11.8 Å². The molecule has 70 valence electrons. The van der Waals surface area contributed by atoms with Crippen molar-refractivity contribution in [2.45, 2.75) is 37.6 Å². The molecular weight excluding hydrogens is 180 g/mol. The van der Waals surface area contributed by atoms with E-state index >= 15 is 0 Å². The fourth-order valence-electron chi connectivity index (χ4n) is 1.31. The van der Waals surface area contributed by atoms with Gasteiger partial charge in [0.15, 0.2) is 0 Å². The standard InChI is InChI=1S/C10H14N2S/c1-3-13-9-6-7(2)11-10(12-9)8-4-5-8/h6,8H,3-5H2,1-2H3. The van der Waals surface area contributed by atoms with Crippen molar-refractivity contribution < 1.29 is 0 Å². The van der Waals surface area contributed by atoms with E-state index in [0.29, 0.717) is 5.92 Å². The largest absolute Gasteiger partial charge is 0.238 e. The molecule has 0 spiro atoms. The summed E-state index contributed by atoms with van der Waals surface area (Å²) in [6.07, 6.45) is 2.55. The molecule has 1 saturated carbocycles. The van der Waals surface area contributed by atoms with Crippen LogP contribution in [0.4, 0.5) is 0 Å². The SMILES string of the molecule is CCSc1cc(C)nc(C2CC2)n1. The van der Waals surface area contributed by atoms with Crippen LogP contribution >= 0.6 is 11.8 Å². The lowest BCUT2D eigenvalue weighted by atomic mass is 10.3. The molecule has 2 rings (SSSR count). The molecule has 1 aromatic rings. The minimum atomic E-state index is 0.663. The average Bonchev–Trinajstić information content (AvgIpc) is 2.85. The van der Waals surface area contributed by atoms with Gasteiger partial charge in [-0.1, -0.05) is 6.92 Å². The van der Waals surface area contributed by atoms with Gasteiger partial charge in [-0.15, -0.1) is 11.8 Å². The Morgan fingerprint density at radius 3 is 2.85 bits per heavy atom. The Morgan fingerprint density at radius 1 is 1.46 bits per heavy atom. The summed E-state index contributed by atoms with van der Waals surface area (Å²) in [5, 5.41) is 1.14. The Kier molecular flexibility index (Phi) is 2.54. The maximum absolute atomic E-state index is 4.54. The first kappa shape index (κ1) is 9.00. The van der Waals surface area contributed by atoms with Gasteiger partial charge in [-0.3, -0.25) is 0 Å². The Bertz CT molecular complexity index is 308. The lowest BCUT2D eigenvalue weighted by molar-refractivity contribution is 0.858. The molecule has 0 amide bonds. The predicted octanol–water partition coefficient (Wildman–Crippen LogP) is 2.77. The number of hydrogen-bond acceptors (Lipinski definition) is 3. The molecule has 0 atom stereocenters. The maximum Gasteiger partial charge on any atom is 0.132 e. The molecule has 1 aliphatic carbocycles. The molecule has 2 nitrogen and oxygen atoms in total. The molecule has 13 heavy (non-hydrogen) atoms. The number of thioether (sulfide) groups is 1. The summed E-state index contributed by atoms with van der Waals surface area (Å²) >= 11 is 1.80. The predicted molar refractivity (Wildman–Crippen MR) is 55.1 cm³/mol. The highest BCUT2D eigenvalue weighted by Gasteiger charge is 2.26. The molecular formula is C10H14N2S. The second-order valence-electron chi connectivity index (χ2n) is 3.41. The average molecular weight is 194 g/mol. The number of aromatic nitrogens is 2. The third-order valence-corrected chi connectivity index (χ3v) is 2.88. The molecule has 1 fully saturated rings. The number of rotatable bonds is 3. The summed E-state index contributed by atoms with van der Waals surface area (Å²) in [6.45, 7) is 4.20. The third kappa shape index (κ3) is 2.21. The summed E-state index contributed by atoms with van der Waals surface area (Å²) in [7, 11) is 0. The fourth-order valence-corrected chi connectivity index (χ4v) is 2.02. The summed E-state index contributed by atoms with van der Waals surface area (Å²) in [6, 6.07) is 2.07. The molecule has 1 heterocycles. The molecule has 0 aromatic carbocycles. The first-order chi connectivity index (χ1) is 6.29. The van der Waals surface area contributed by atoms with Crippen LogP contribution in [0.25, 0.3) is 0 Å². The van der Waals surface area contributed by atoms with Crippen LogP contribution in [0.15, 0.2) is 11.1 Å².